The van der Waals surface area contributed by atoms with Crippen molar-refractivity contribution in [2.24, 2.45) is 0 Å². The standard InChI is InChI=1S/C18H22N4O4/c1-11-8-15(23)17(12(2)20-11)18(26)21-7-3-4-13(9-21)14-5-6-19-22(14)10-16(24)25/h5-6,8,13H,3-4,7,9-10H2,1-2H3,(H,20,23)(H,24,25)/t13-/m0/s1. The minimum Gasteiger partial charge on any atom is -0.480 e. The molecule has 1 atom stereocenters. The molecule has 1 amide bonds. The van der Waals surface area contributed by atoms with E-state index in [0.717, 1.165) is 24.2 Å². The number of nitrogens with zero attached hydrogens (tertiary/aromatic N) is 3. The number of rotatable bonds is 4. The molecule has 138 valence electrons. The topological polar surface area (TPSA) is 108 Å². The van der Waals surface area contributed by atoms with Gasteiger partial charge in [-0.2, -0.15) is 5.10 Å². The van der Waals surface area contributed by atoms with E-state index in [0.29, 0.717) is 18.8 Å². The number of hydrogen-bond acceptors (Lipinski definition) is 4. The van der Waals surface area contributed by atoms with Crippen LogP contribution in [0.3, 0.4) is 0 Å². The number of aromatic amines is 1. The second-order valence-electron chi connectivity index (χ2n) is 6.71. The highest BCUT2D eigenvalue weighted by molar-refractivity contribution is 5.95. The van der Waals surface area contributed by atoms with Gasteiger partial charge < -0.3 is 15.0 Å². The van der Waals surface area contributed by atoms with Crippen molar-refractivity contribution >= 4 is 11.9 Å². The number of H-pyrrole nitrogens is 1. The molecule has 1 fully saturated rings. The van der Waals surface area contributed by atoms with Crippen LogP contribution in [-0.2, 0) is 11.3 Å². The first-order chi connectivity index (χ1) is 12.4. The van der Waals surface area contributed by atoms with Crippen LogP contribution in [0.15, 0.2) is 23.1 Å². The number of piperidine rings is 1. The number of amides is 1. The number of carbonyl (C=O) groups excluding carboxylic acids is 1. The second-order valence-corrected chi connectivity index (χ2v) is 6.71. The number of carbonyl (C=O) groups is 2. The van der Waals surface area contributed by atoms with E-state index >= 15 is 0 Å². The first kappa shape index (κ1) is 17.9. The number of pyridine rings is 1. The van der Waals surface area contributed by atoms with Gasteiger partial charge in [-0.15, -0.1) is 0 Å². The Hall–Kier alpha value is -2.90. The molecule has 0 aliphatic carbocycles. The minimum atomic E-state index is -0.958. The van der Waals surface area contributed by atoms with Gasteiger partial charge in [0.1, 0.15) is 12.1 Å². The van der Waals surface area contributed by atoms with E-state index in [-0.39, 0.29) is 29.4 Å². The highest BCUT2D eigenvalue weighted by Gasteiger charge is 2.29. The Labute approximate surface area is 150 Å². The van der Waals surface area contributed by atoms with Crippen molar-refractivity contribution in [3.63, 3.8) is 0 Å². The average Bonchev–Trinajstić information content (AvgIpc) is 3.01. The van der Waals surface area contributed by atoms with Crippen molar-refractivity contribution in [1.29, 1.82) is 0 Å². The normalized spacial score (nSPS) is 17.3. The number of aliphatic carboxylic acids is 1. The number of carboxylic acids is 1. The Balaban J connectivity index is 1.83. The zero-order chi connectivity index (χ0) is 18.8. The molecular formula is C18H22N4O4. The van der Waals surface area contributed by atoms with E-state index in [1.165, 1.54) is 10.7 Å². The van der Waals surface area contributed by atoms with Crippen LogP contribution in [0.2, 0.25) is 0 Å². The quantitative estimate of drug-likeness (QED) is 0.856. The predicted molar refractivity (Wildman–Crippen MR) is 94.3 cm³/mol. The molecule has 2 N–H and O–H groups in total. The molecule has 2 aromatic heterocycles. The Morgan fingerprint density at radius 1 is 1.38 bits per heavy atom. The van der Waals surface area contributed by atoms with Crippen molar-refractivity contribution in [3.8, 4) is 0 Å². The molecule has 0 aromatic carbocycles. The third-order valence-electron chi connectivity index (χ3n) is 4.73. The van der Waals surface area contributed by atoms with E-state index in [4.69, 9.17) is 5.11 Å². The molecule has 8 nitrogen and oxygen atoms in total. The number of hydrogen-bond donors (Lipinski definition) is 2. The molecule has 1 aliphatic rings. The third kappa shape index (κ3) is 3.54. The summed E-state index contributed by atoms with van der Waals surface area (Å²) in [6.45, 7) is 4.32. The van der Waals surface area contributed by atoms with Crippen molar-refractivity contribution < 1.29 is 14.7 Å². The van der Waals surface area contributed by atoms with E-state index in [9.17, 15) is 14.4 Å². The van der Waals surface area contributed by atoms with Gasteiger partial charge in [0.05, 0.1) is 0 Å². The molecule has 0 radical (unpaired) electrons. The van der Waals surface area contributed by atoms with Crippen LogP contribution in [0.4, 0.5) is 0 Å². The molecular weight excluding hydrogens is 336 g/mol. The summed E-state index contributed by atoms with van der Waals surface area (Å²) in [6, 6.07) is 3.23. The molecule has 26 heavy (non-hydrogen) atoms. The van der Waals surface area contributed by atoms with E-state index in [2.05, 4.69) is 10.1 Å². The summed E-state index contributed by atoms with van der Waals surface area (Å²) in [5, 5.41) is 13.1. The summed E-state index contributed by atoms with van der Waals surface area (Å²) in [5.41, 5.74) is 1.99. The monoisotopic (exact) mass is 358 g/mol. The maximum Gasteiger partial charge on any atom is 0.325 e. The fourth-order valence-corrected chi connectivity index (χ4v) is 3.62. The van der Waals surface area contributed by atoms with E-state index in [1.54, 1.807) is 31.0 Å². The molecule has 1 saturated heterocycles. The smallest absolute Gasteiger partial charge is 0.325 e. The summed E-state index contributed by atoms with van der Waals surface area (Å²) in [6.07, 6.45) is 3.21. The van der Waals surface area contributed by atoms with Crippen molar-refractivity contribution in [2.45, 2.75) is 39.2 Å². The van der Waals surface area contributed by atoms with Gasteiger partial charge in [-0.3, -0.25) is 19.1 Å². The van der Waals surface area contributed by atoms with Crippen LogP contribution in [0.5, 0.6) is 0 Å². The Morgan fingerprint density at radius 2 is 2.15 bits per heavy atom. The Kier molecular flexibility index (Phi) is 4.92. The first-order valence-corrected chi connectivity index (χ1v) is 8.60. The first-order valence-electron chi connectivity index (χ1n) is 8.60. The van der Waals surface area contributed by atoms with Gasteiger partial charge in [-0.05, 0) is 32.8 Å². The van der Waals surface area contributed by atoms with Gasteiger partial charge >= 0.3 is 5.97 Å². The van der Waals surface area contributed by atoms with Crippen molar-refractivity contribution in [3.05, 3.63) is 51.2 Å². The van der Waals surface area contributed by atoms with Gasteiger partial charge in [0, 0.05) is 48.4 Å². The van der Waals surface area contributed by atoms with Crippen LogP contribution < -0.4 is 5.43 Å². The minimum absolute atomic E-state index is 0.000568. The summed E-state index contributed by atoms with van der Waals surface area (Å²) in [5.74, 6) is -1.24. The lowest BCUT2D eigenvalue weighted by molar-refractivity contribution is -0.137. The second kappa shape index (κ2) is 7.15. The third-order valence-corrected chi connectivity index (χ3v) is 4.73. The van der Waals surface area contributed by atoms with E-state index < -0.39 is 5.97 Å². The maximum absolute atomic E-state index is 12.9. The SMILES string of the molecule is Cc1cc(=O)c(C(=O)N2CCC[C@H](c3ccnn3CC(=O)O)C2)c(C)[nH]1. The van der Waals surface area contributed by atoms with Gasteiger partial charge in [-0.1, -0.05) is 0 Å². The van der Waals surface area contributed by atoms with Gasteiger partial charge in [-0.25, -0.2) is 0 Å². The van der Waals surface area contributed by atoms with Crippen LogP contribution in [-0.4, -0.2) is 49.7 Å². The molecule has 3 heterocycles. The molecule has 0 bridgehead atoms. The largest absolute Gasteiger partial charge is 0.480 e. The van der Waals surface area contributed by atoms with Crippen LogP contribution in [0.25, 0.3) is 0 Å². The summed E-state index contributed by atoms with van der Waals surface area (Å²) < 4.78 is 1.46. The zero-order valence-electron chi connectivity index (χ0n) is 14.9. The molecule has 1 aliphatic heterocycles. The van der Waals surface area contributed by atoms with E-state index in [1.807, 2.05) is 0 Å². The summed E-state index contributed by atoms with van der Waals surface area (Å²) in [4.78, 5) is 40.9. The maximum atomic E-state index is 12.9. The molecule has 3 rings (SSSR count). The zero-order valence-corrected chi connectivity index (χ0v) is 14.9. The average molecular weight is 358 g/mol. The molecule has 0 saturated carbocycles. The number of carboxylic acid groups (broad SMARTS) is 1. The lowest BCUT2D eigenvalue weighted by Crippen LogP contribution is -2.42. The number of nitrogens with one attached hydrogen (secondary N) is 1. The lowest BCUT2D eigenvalue weighted by atomic mass is 9.94. The van der Waals surface area contributed by atoms with Crippen molar-refractivity contribution in [1.82, 2.24) is 19.7 Å². The Morgan fingerprint density at radius 3 is 2.85 bits per heavy atom. The highest BCUT2D eigenvalue weighted by Crippen LogP contribution is 2.27. The van der Waals surface area contributed by atoms with Gasteiger partial charge in [0.2, 0.25) is 0 Å². The molecule has 0 unspecified atom stereocenters. The molecule has 2 aromatic rings. The predicted octanol–water partition coefficient (Wildman–Crippen LogP) is 1.29. The number of likely N-dealkylation sites (tertiary alicyclic amines) is 1. The van der Waals surface area contributed by atoms with Crippen LogP contribution >= 0.6 is 0 Å². The molecule has 8 heteroatoms. The van der Waals surface area contributed by atoms with Crippen molar-refractivity contribution in [2.75, 3.05) is 13.1 Å². The fraction of sp³-hybridized carbons (Fsp3) is 0.444. The van der Waals surface area contributed by atoms with Crippen LogP contribution in [0, 0.1) is 13.8 Å². The number of aromatic nitrogens is 3. The van der Waals surface area contributed by atoms with Gasteiger partial charge in [0.25, 0.3) is 5.91 Å². The summed E-state index contributed by atoms with van der Waals surface area (Å²) >= 11 is 0. The van der Waals surface area contributed by atoms with Gasteiger partial charge in [0.15, 0.2) is 5.43 Å². The Bertz CT molecular complexity index is 899. The highest BCUT2D eigenvalue weighted by atomic mass is 16.4. The lowest BCUT2D eigenvalue weighted by Gasteiger charge is -2.33. The number of aryl methyl sites for hydroxylation is 2. The summed E-state index contributed by atoms with van der Waals surface area (Å²) in [7, 11) is 0. The fourth-order valence-electron chi connectivity index (χ4n) is 3.62. The van der Waals surface area contributed by atoms with Crippen LogP contribution in [0.1, 0.15) is 46.2 Å². The molecule has 0 spiro atoms.